The Labute approximate surface area is 112 Å². The van der Waals surface area contributed by atoms with Gasteiger partial charge in [0.25, 0.3) is 0 Å². The van der Waals surface area contributed by atoms with E-state index >= 15 is 0 Å². The minimum atomic E-state index is -0.472. The van der Waals surface area contributed by atoms with Gasteiger partial charge in [0.2, 0.25) is 5.91 Å². The molecule has 1 aromatic rings. The first kappa shape index (κ1) is 14.4. The molecule has 0 aliphatic heterocycles. The van der Waals surface area contributed by atoms with Crippen molar-refractivity contribution in [3.63, 3.8) is 0 Å². The molecule has 1 aromatic carbocycles. The normalized spacial score (nSPS) is 10.4. The molecule has 0 unspecified atom stereocenters. The molecule has 0 aliphatic rings. The van der Waals surface area contributed by atoms with Crippen LogP contribution in [0.1, 0.15) is 19.3 Å². The minimum Gasteiger partial charge on any atom is -0.396 e. The lowest BCUT2D eigenvalue weighted by molar-refractivity contribution is -0.116. The summed E-state index contributed by atoms with van der Waals surface area (Å²) in [7, 11) is 0. The van der Waals surface area contributed by atoms with Crippen LogP contribution in [0.4, 0.5) is 10.1 Å². The molecule has 2 N–H and O–H groups in total. The summed E-state index contributed by atoms with van der Waals surface area (Å²) in [5, 5.41) is 11.3. The Morgan fingerprint density at radius 3 is 2.76 bits per heavy atom. The van der Waals surface area contributed by atoms with Crippen molar-refractivity contribution >= 4 is 39.1 Å². The van der Waals surface area contributed by atoms with Gasteiger partial charge in [-0.15, -0.1) is 0 Å². The number of halogens is 3. The maximum absolute atomic E-state index is 12.9. The van der Waals surface area contributed by atoms with Gasteiger partial charge >= 0.3 is 0 Å². The molecule has 0 aliphatic carbocycles. The Kier molecular flexibility index (Phi) is 5.88. The van der Waals surface area contributed by atoms with Gasteiger partial charge in [0.1, 0.15) is 5.82 Å². The zero-order chi connectivity index (χ0) is 12.8. The zero-order valence-electron chi connectivity index (χ0n) is 8.97. The maximum Gasteiger partial charge on any atom is 0.224 e. The summed E-state index contributed by atoms with van der Waals surface area (Å²) in [6.45, 7) is 0.0638. The van der Waals surface area contributed by atoms with Crippen LogP contribution in [0.5, 0.6) is 0 Å². The summed E-state index contributed by atoms with van der Waals surface area (Å²) < 4.78 is 13.3. The number of rotatable bonds is 5. The standard InChI is InChI=1S/C11H12BrClFNO2/c12-8-5-7(14)6-9(13)11(8)15-10(17)3-1-2-4-16/h5-6,16H,1-4H2,(H,15,17). The Hall–Kier alpha value is -0.650. The van der Waals surface area contributed by atoms with Crippen molar-refractivity contribution in [3.05, 3.63) is 27.4 Å². The van der Waals surface area contributed by atoms with Crippen LogP contribution >= 0.6 is 27.5 Å². The minimum absolute atomic E-state index is 0.0638. The van der Waals surface area contributed by atoms with E-state index in [1.165, 1.54) is 6.07 Å². The molecule has 0 bridgehead atoms. The van der Waals surface area contributed by atoms with Crippen molar-refractivity contribution in [3.8, 4) is 0 Å². The first-order chi connectivity index (χ1) is 8.04. The summed E-state index contributed by atoms with van der Waals surface area (Å²) in [6, 6.07) is 2.37. The average Bonchev–Trinajstić information content (AvgIpc) is 2.24. The third-order valence-electron chi connectivity index (χ3n) is 2.08. The van der Waals surface area contributed by atoms with Gasteiger partial charge in [-0.05, 0) is 40.9 Å². The van der Waals surface area contributed by atoms with Crippen LogP contribution in [0, 0.1) is 5.82 Å². The maximum atomic E-state index is 12.9. The van der Waals surface area contributed by atoms with Gasteiger partial charge in [0.05, 0.1) is 10.7 Å². The smallest absolute Gasteiger partial charge is 0.224 e. The number of aliphatic hydroxyl groups is 1. The number of anilines is 1. The van der Waals surface area contributed by atoms with Gasteiger partial charge in [-0.2, -0.15) is 0 Å². The number of amides is 1. The first-order valence-electron chi connectivity index (χ1n) is 5.10. The van der Waals surface area contributed by atoms with Crippen molar-refractivity contribution in [1.29, 1.82) is 0 Å². The Morgan fingerprint density at radius 1 is 1.47 bits per heavy atom. The number of nitrogens with one attached hydrogen (secondary N) is 1. The number of hydrogen-bond donors (Lipinski definition) is 2. The summed E-state index contributed by atoms with van der Waals surface area (Å²) in [4.78, 5) is 11.5. The lowest BCUT2D eigenvalue weighted by Crippen LogP contribution is -2.12. The van der Waals surface area contributed by atoms with E-state index in [2.05, 4.69) is 21.2 Å². The lowest BCUT2D eigenvalue weighted by atomic mass is 10.2. The van der Waals surface area contributed by atoms with E-state index in [-0.39, 0.29) is 17.5 Å². The lowest BCUT2D eigenvalue weighted by Gasteiger charge is -2.09. The Balaban J connectivity index is 2.65. The molecule has 0 aromatic heterocycles. The van der Waals surface area contributed by atoms with Crippen molar-refractivity contribution in [1.82, 2.24) is 0 Å². The molecule has 0 radical (unpaired) electrons. The summed E-state index contributed by atoms with van der Waals surface area (Å²) >= 11 is 8.94. The largest absolute Gasteiger partial charge is 0.396 e. The van der Waals surface area contributed by atoms with E-state index in [9.17, 15) is 9.18 Å². The molecular formula is C11H12BrClFNO2. The molecule has 94 valence electrons. The number of hydrogen-bond acceptors (Lipinski definition) is 2. The number of benzene rings is 1. The van der Waals surface area contributed by atoms with Crippen molar-refractivity contribution in [2.24, 2.45) is 0 Å². The zero-order valence-corrected chi connectivity index (χ0v) is 11.3. The monoisotopic (exact) mass is 323 g/mol. The fourth-order valence-electron chi connectivity index (χ4n) is 1.26. The highest BCUT2D eigenvalue weighted by atomic mass is 79.9. The van der Waals surface area contributed by atoms with Gasteiger partial charge in [0, 0.05) is 17.5 Å². The van der Waals surface area contributed by atoms with Gasteiger partial charge in [-0.1, -0.05) is 11.6 Å². The van der Waals surface area contributed by atoms with Crippen LogP contribution < -0.4 is 5.32 Å². The van der Waals surface area contributed by atoms with Crippen molar-refractivity contribution < 1.29 is 14.3 Å². The molecule has 0 spiro atoms. The van der Waals surface area contributed by atoms with Gasteiger partial charge in [-0.3, -0.25) is 4.79 Å². The highest BCUT2D eigenvalue weighted by molar-refractivity contribution is 9.10. The quantitative estimate of drug-likeness (QED) is 0.816. The van der Waals surface area contributed by atoms with E-state index in [1.807, 2.05) is 0 Å². The third kappa shape index (κ3) is 4.61. The molecule has 0 saturated carbocycles. The van der Waals surface area contributed by atoms with Crippen LogP contribution in [0.3, 0.4) is 0 Å². The van der Waals surface area contributed by atoms with Crippen LogP contribution in [0.15, 0.2) is 16.6 Å². The number of carbonyl (C=O) groups is 1. The highest BCUT2D eigenvalue weighted by Gasteiger charge is 2.11. The van der Waals surface area contributed by atoms with Gasteiger partial charge in [-0.25, -0.2) is 4.39 Å². The predicted molar refractivity (Wildman–Crippen MR) is 68.7 cm³/mol. The second-order valence-electron chi connectivity index (χ2n) is 3.47. The fourth-order valence-corrected chi connectivity index (χ4v) is 2.16. The molecule has 0 saturated heterocycles. The number of unbranched alkanes of at least 4 members (excludes halogenated alkanes) is 1. The van der Waals surface area contributed by atoms with Gasteiger partial charge in [0.15, 0.2) is 0 Å². The molecule has 3 nitrogen and oxygen atoms in total. The van der Waals surface area contributed by atoms with Crippen LogP contribution in [0.25, 0.3) is 0 Å². The van der Waals surface area contributed by atoms with E-state index in [0.29, 0.717) is 29.4 Å². The second-order valence-corrected chi connectivity index (χ2v) is 4.73. The predicted octanol–water partition coefficient (Wildman–Crippen LogP) is 3.34. The average molecular weight is 325 g/mol. The first-order valence-corrected chi connectivity index (χ1v) is 6.27. The summed E-state index contributed by atoms with van der Waals surface area (Å²) in [5.41, 5.74) is 0.363. The molecular weight excluding hydrogens is 312 g/mol. The second kappa shape index (κ2) is 6.93. The molecule has 0 heterocycles. The van der Waals surface area contributed by atoms with E-state index < -0.39 is 5.82 Å². The molecule has 0 fully saturated rings. The topological polar surface area (TPSA) is 49.3 Å². The molecule has 0 atom stereocenters. The molecule has 1 amide bonds. The summed E-state index contributed by atoms with van der Waals surface area (Å²) in [6.07, 6.45) is 1.46. The Bertz CT molecular complexity index is 391. The van der Waals surface area contributed by atoms with E-state index in [0.717, 1.165) is 6.07 Å². The van der Waals surface area contributed by atoms with Crippen LogP contribution in [-0.2, 0) is 4.79 Å². The number of aliphatic hydroxyl groups excluding tert-OH is 1. The van der Waals surface area contributed by atoms with Crippen molar-refractivity contribution in [2.45, 2.75) is 19.3 Å². The van der Waals surface area contributed by atoms with Crippen LogP contribution in [-0.4, -0.2) is 17.6 Å². The third-order valence-corrected chi connectivity index (χ3v) is 3.01. The number of carbonyl (C=O) groups excluding carboxylic acids is 1. The highest BCUT2D eigenvalue weighted by Crippen LogP contribution is 2.31. The van der Waals surface area contributed by atoms with E-state index in [1.54, 1.807) is 0 Å². The van der Waals surface area contributed by atoms with E-state index in [4.69, 9.17) is 16.7 Å². The molecule has 17 heavy (non-hydrogen) atoms. The fraction of sp³-hybridized carbons (Fsp3) is 0.364. The van der Waals surface area contributed by atoms with Crippen molar-refractivity contribution in [2.75, 3.05) is 11.9 Å². The summed E-state index contributed by atoms with van der Waals surface area (Å²) in [5.74, 6) is -0.687. The van der Waals surface area contributed by atoms with Crippen LogP contribution in [0.2, 0.25) is 5.02 Å². The Morgan fingerprint density at radius 2 is 2.18 bits per heavy atom. The van der Waals surface area contributed by atoms with Gasteiger partial charge < -0.3 is 10.4 Å². The molecule has 6 heteroatoms. The molecule has 1 rings (SSSR count). The SMILES string of the molecule is O=C(CCCCO)Nc1c(Cl)cc(F)cc1Br.